The van der Waals surface area contributed by atoms with Gasteiger partial charge in [-0.3, -0.25) is 9.59 Å². The normalized spacial score (nSPS) is 14.3. The van der Waals surface area contributed by atoms with Crippen molar-refractivity contribution in [2.45, 2.75) is 19.0 Å². The van der Waals surface area contributed by atoms with E-state index in [1.165, 1.54) is 0 Å². The summed E-state index contributed by atoms with van der Waals surface area (Å²) in [4.78, 5) is 25.4. The van der Waals surface area contributed by atoms with Crippen molar-refractivity contribution in [3.05, 3.63) is 53.1 Å². The molecule has 0 aromatic heterocycles. The zero-order valence-corrected chi connectivity index (χ0v) is 15.3. The van der Waals surface area contributed by atoms with Crippen LogP contribution in [0.3, 0.4) is 0 Å². The molecule has 0 radical (unpaired) electrons. The number of rotatable bonds is 5. The van der Waals surface area contributed by atoms with Crippen LogP contribution >= 0.6 is 11.6 Å². The summed E-state index contributed by atoms with van der Waals surface area (Å²) in [5.41, 5.74) is -0.316. The second kappa shape index (κ2) is 8.10. The van der Waals surface area contributed by atoms with Crippen LogP contribution in [0, 0.1) is 0 Å². The predicted molar refractivity (Wildman–Crippen MR) is 98.6 cm³/mol. The molecule has 0 bridgehead atoms. The Kier molecular flexibility index (Phi) is 5.79. The van der Waals surface area contributed by atoms with E-state index in [0.29, 0.717) is 18.7 Å². The van der Waals surface area contributed by atoms with Crippen LogP contribution in [0.2, 0.25) is 5.02 Å². The number of nitrogens with one attached hydrogen (secondary N) is 1. The SMILES string of the molecule is O=C(COc1ccc(N2CCCC2=O)cc1)Nc1cc(C(F)(F)F)ccc1Cl. The molecule has 2 aromatic rings. The molecule has 28 heavy (non-hydrogen) atoms. The fourth-order valence-electron chi connectivity index (χ4n) is 2.78. The number of benzene rings is 2. The number of nitrogens with zero attached hydrogens (tertiary/aromatic N) is 1. The van der Waals surface area contributed by atoms with Gasteiger partial charge in [-0.05, 0) is 48.9 Å². The molecule has 3 rings (SSSR count). The molecule has 1 heterocycles. The first-order chi connectivity index (χ1) is 13.2. The second-order valence-corrected chi connectivity index (χ2v) is 6.58. The van der Waals surface area contributed by atoms with E-state index in [0.717, 1.165) is 30.3 Å². The van der Waals surface area contributed by atoms with Gasteiger partial charge in [0.2, 0.25) is 5.91 Å². The van der Waals surface area contributed by atoms with E-state index in [9.17, 15) is 22.8 Å². The van der Waals surface area contributed by atoms with Crippen LogP contribution in [0.15, 0.2) is 42.5 Å². The first-order valence-corrected chi connectivity index (χ1v) is 8.81. The quantitative estimate of drug-likeness (QED) is 0.786. The molecule has 2 aromatic carbocycles. The van der Waals surface area contributed by atoms with Crippen LogP contribution in [0.5, 0.6) is 5.75 Å². The van der Waals surface area contributed by atoms with E-state index in [2.05, 4.69) is 5.32 Å². The van der Waals surface area contributed by atoms with Gasteiger partial charge in [0.15, 0.2) is 6.61 Å². The molecule has 5 nitrogen and oxygen atoms in total. The van der Waals surface area contributed by atoms with E-state index in [4.69, 9.17) is 16.3 Å². The highest BCUT2D eigenvalue weighted by Gasteiger charge is 2.31. The lowest BCUT2D eigenvalue weighted by atomic mass is 10.2. The first-order valence-electron chi connectivity index (χ1n) is 8.44. The summed E-state index contributed by atoms with van der Waals surface area (Å²) in [7, 11) is 0. The Labute approximate surface area is 164 Å². The van der Waals surface area contributed by atoms with E-state index in [1.54, 1.807) is 29.2 Å². The minimum atomic E-state index is -4.54. The van der Waals surface area contributed by atoms with Gasteiger partial charge in [0.25, 0.3) is 5.91 Å². The van der Waals surface area contributed by atoms with Crippen LogP contribution in [-0.4, -0.2) is 25.0 Å². The van der Waals surface area contributed by atoms with Crippen molar-refractivity contribution in [3.63, 3.8) is 0 Å². The van der Waals surface area contributed by atoms with Crippen molar-refractivity contribution in [1.29, 1.82) is 0 Å². The summed E-state index contributed by atoms with van der Waals surface area (Å²) in [6.45, 7) is 0.258. The lowest BCUT2D eigenvalue weighted by Gasteiger charge is -2.16. The molecule has 9 heteroatoms. The van der Waals surface area contributed by atoms with E-state index < -0.39 is 24.3 Å². The Morgan fingerprint density at radius 3 is 2.50 bits per heavy atom. The lowest BCUT2D eigenvalue weighted by Crippen LogP contribution is -2.23. The van der Waals surface area contributed by atoms with Gasteiger partial charge in [-0.1, -0.05) is 11.6 Å². The molecule has 1 aliphatic rings. The number of hydrogen-bond acceptors (Lipinski definition) is 3. The van der Waals surface area contributed by atoms with Crippen molar-refractivity contribution < 1.29 is 27.5 Å². The topological polar surface area (TPSA) is 58.6 Å². The Bertz CT molecular complexity index is 885. The number of alkyl halides is 3. The van der Waals surface area contributed by atoms with Crippen LogP contribution in [0.1, 0.15) is 18.4 Å². The van der Waals surface area contributed by atoms with Gasteiger partial charge in [0.05, 0.1) is 16.3 Å². The summed E-state index contributed by atoms with van der Waals surface area (Å²) in [6, 6.07) is 9.32. The second-order valence-electron chi connectivity index (χ2n) is 6.17. The largest absolute Gasteiger partial charge is 0.484 e. The van der Waals surface area contributed by atoms with E-state index in [-0.39, 0.29) is 16.6 Å². The van der Waals surface area contributed by atoms with Crippen molar-refractivity contribution in [1.82, 2.24) is 0 Å². The number of carbonyl (C=O) groups is 2. The zero-order valence-electron chi connectivity index (χ0n) is 14.6. The molecule has 1 saturated heterocycles. The number of halogens is 4. The summed E-state index contributed by atoms with van der Waals surface area (Å²) < 4.78 is 43.7. The van der Waals surface area contributed by atoms with Crippen molar-refractivity contribution in [3.8, 4) is 5.75 Å². The maximum Gasteiger partial charge on any atom is 0.416 e. The first kappa shape index (κ1) is 20.0. The highest BCUT2D eigenvalue weighted by molar-refractivity contribution is 6.33. The highest BCUT2D eigenvalue weighted by atomic mass is 35.5. The molecule has 1 N–H and O–H groups in total. The van der Waals surface area contributed by atoms with Gasteiger partial charge in [-0.2, -0.15) is 13.2 Å². The van der Waals surface area contributed by atoms with Crippen LogP contribution in [0.25, 0.3) is 0 Å². The van der Waals surface area contributed by atoms with Gasteiger partial charge >= 0.3 is 6.18 Å². The summed E-state index contributed by atoms with van der Waals surface area (Å²) in [6.07, 6.45) is -3.20. The van der Waals surface area contributed by atoms with Crippen LogP contribution in [-0.2, 0) is 15.8 Å². The number of anilines is 2. The Morgan fingerprint density at radius 1 is 1.18 bits per heavy atom. The van der Waals surface area contributed by atoms with Gasteiger partial charge in [0, 0.05) is 18.7 Å². The summed E-state index contributed by atoms with van der Waals surface area (Å²) in [5, 5.41) is 2.29. The maximum absolute atomic E-state index is 12.8. The molecule has 0 saturated carbocycles. The number of amides is 2. The minimum absolute atomic E-state index is 0.0130. The summed E-state index contributed by atoms with van der Waals surface area (Å²) >= 11 is 5.84. The number of hydrogen-bond donors (Lipinski definition) is 1. The molecule has 1 aliphatic heterocycles. The van der Waals surface area contributed by atoms with Crippen LogP contribution < -0.4 is 15.0 Å². The summed E-state index contributed by atoms with van der Waals surface area (Å²) in [5.74, 6) is -0.202. The fourth-order valence-corrected chi connectivity index (χ4v) is 2.94. The third-order valence-electron chi connectivity index (χ3n) is 4.16. The maximum atomic E-state index is 12.8. The van der Waals surface area contributed by atoms with Crippen molar-refractivity contribution in [2.24, 2.45) is 0 Å². The number of carbonyl (C=O) groups excluding carboxylic acids is 2. The average Bonchev–Trinajstić information content (AvgIpc) is 3.07. The molecule has 148 valence electrons. The molecule has 0 atom stereocenters. The van der Waals surface area contributed by atoms with Crippen LogP contribution in [0.4, 0.5) is 24.5 Å². The predicted octanol–water partition coefficient (Wildman–Crippen LogP) is 4.50. The van der Waals surface area contributed by atoms with E-state index >= 15 is 0 Å². The molecule has 2 amide bonds. The monoisotopic (exact) mass is 412 g/mol. The smallest absolute Gasteiger partial charge is 0.416 e. The molecule has 1 fully saturated rings. The third-order valence-corrected chi connectivity index (χ3v) is 4.49. The van der Waals surface area contributed by atoms with Crippen molar-refractivity contribution in [2.75, 3.05) is 23.4 Å². The Hall–Kier alpha value is -2.74. The molecular formula is C19H16ClF3N2O3. The Balaban J connectivity index is 1.58. The standard InChI is InChI=1S/C19H16ClF3N2O3/c20-15-8-3-12(19(21,22)23)10-16(15)24-17(26)11-28-14-6-4-13(5-7-14)25-9-1-2-18(25)27/h3-8,10H,1-2,9,11H2,(H,24,26). The molecule has 0 unspecified atom stereocenters. The van der Waals surface area contributed by atoms with Gasteiger partial charge < -0.3 is 15.0 Å². The third kappa shape index (κ3) is 4.75. The lowest BCUT2D eigenvalue weighted by molar-refractivity contribution is -0.137. The minimum Gasteiger partial charge on any atom is -0.484 e. The average molecular weight is 413 g/mol. The molecular weight excluding hydrogens is 397 g/mol. The fraction of sp³-hybridized carbons (Fsp3) is 0.263. The number of ether oxygens (including phenoxy) is 1. The van der Waals surface area contributed by atoms with Gasteiger partial charge in [-0.25, -0.2) is 0 Å². The van der Waals surface area contributed by atoms with E-state index in [1.807, 2.05) is 0 Å². The Morgan fingerprint density at radius 2 is 1.89 bits per heavy atom. The van der Waals surface area contributed by atoms with Crippen molar-refractivity contribution >= 4 is 34.8 Å². The van der Waals surface area contributed by atoms with Gasteiger partial charge in [0.1, 0.15) is 5.75 Å². The molecule has 0 spiro atoms. The van der Waals surface area contributed by atoms with Gasteiger partial charge in [-0.15, -0.1) is 0 Å². The highest BCUT2D eigenvalue weighted by Crippen LogP contribution is 2.33. The molecule has 0 aliphatic carbocycles. The zero-order chi connectivity index (χ0) is 20.3.